The number of nitrogens with zero attached hydrogens (tertiary/aromatic N) is 6. The Morgan fingerprint density at radius 1 is 1.12 bits per heavy atom. The van der Waals surface area contributed by atoms with Crippen LogP contribution in [0.3, 0.4) is 0 Å². The van der Waals surface area contributed by atoms with E-state index in [9.17, 15) is 4.79 Å². The number of carbonyl (C=O) groups excluding carboxylic acids is 1. The number of hydrogen-bond acceptors (Lipinski definition) is 6. The molecule has 2 N–H and O–H groups in total. The molecule has 0 aromatic carbocycles. The summed E-state index contributed by atoms with van der Waals surface area (Å²) in [5, 5.41) is 12.8. The molecule has 0 radical (unpaired) electrons. The van der Waals surface area contributed by atoms with Gasteiger partial charge in [0.15, 0.2) is 5.65 Å². The fourth-order valence-corrected chi connectivity index (χ4v) is 5.24. The van der Waals surface area contributed by atoms with E-state index in [2.05, 4.69) is 30.4 Å². The number of rotatable bonds is 4. The number of nitrogens with one attached hydrogen (secondary N) is 2. The SMILES string of the molecule is Cc1nnc2ccc(-c3c[nH]c4nc(NC5CCC(C(=O)N6CCCC6)CC5)ncc34)cn12. The van der Waals surface area contributed by atoms with Gasteiger partial charge in [-0.2, -0.15) is 4.98 Å². The van der Waals surface area contributed by atoms with Crippen molar-refractivity contribution in [3.63, 3.8) is 0 Å². The molecule has 1 saturated heterocycles. The summed E-state index contributed by atoms with van der Waals surface area (Å²) in [6.45, 7) is 3.82. The number of aromatic nitrogens is 6. The Balaban J connectivity index is 1.15. The maximum absolute atomic E-state index is 12.7. The van der Waals surface area contributed by atoms with E-state index in [4.69, 9.17) is 4.98 Å². The molecule has 0 bridgehead atoms. The van der Waals surface area contributed by atoms with Crippen LogP contribution in [0.5, 0.6) is 0 Å². The molecule has 170 valence electrons. The third-order valence-electron chi connectivity index (χ3n) is 7.14. The summed E-state index contributed by atoms with van der Waals surface area (Å²) in [6, 6.07) is 4.31. The highest BCUT2D eigenvalue weighted by atomic mass is 16.2. The molecule has 4 aromatic rings. The van der Waals surface area contributed by atoms with Crippen molar-refractivity contribution in [2.24, 2.45) is 5.92 Å². The van der Waals surface area contributed by atoms with Crippen molar-refractivity contribution < 1.29 is 4.79 Å². The molecule has 1 aliphatic carbocycles. The highest BCUT2D eigenvalue weighted by molar-refractivity contribution is 5.93. The second-order valence-electron chi connectivity index (χ2n) is 9.28. The van der Waals surface area contributed by atoms with Gasteiger partial charge in [0.25, 0.3) is 0 Å². The molecule has 0 atom stereocenters. The Morgan fingerprint density at radius 3 is 2.76 bits per heavy atom. The quantitative estimate of drug-likeness (QED) is 0.499. The molecule has 6 rings (SSSR count). The highest BCUT2D eigenvalue weighted by Gasteiger charge is 2.30. The number of likely N-dealkylation sites (tertiary alicyclic amines) is 1. The predicted molar refractivity (Wildman–Crippen MR) is 126 cm³/mol. The highest BCUT2D eigenvalue weighted by Crippen LogP contribution is 2.30. The van der Waals surface area contributed by atoms with E-state index in [1.165, 1.54) is 0 Å². The normalized spacial score (nSPS) is 21.2. The van der Waals surface area contributed by atoms with Crippen molar-refractivity contribution in [1.82, 2.24) is 34.4 Å². The summed E-state index contributed by atoms with van der Waals surface area (Å²) >= 11 is 0. The summed E-state index contributed by atoms with van der Waals surface area (Å²) < 4.78 is 1.98. The number of pyridine rings is 1. The number of aryl methyl sites for hydroxylation is 1. The second-order valence-corrected chi connectivity index (χ2v) is 9.28. The van der Waals surface area contributed by atoms with Crippen molar-refractivity contribution in [3.8, 4) is 11.1 Å². The lowest BCUT2D eigenvalue weighted by atomic mass is 9.85. The number of H-pyrrole nitrogens is 1. The van der Waals surface area contributed by atoms with Crippen LogP contribution in [-0.2, 0) is 4.79 Å². The molecule has 1 amide bonds. The lowest BCUT2D eigenvalue weighted by Crippen LogP contribution is -2.37. The molecule has 1 aliphatic heterocycles. The monoisotopic (exact) mass is 444 g/mol. The first-order valence-electron chi connectivity index (χ1n) is 11.9. The van der Waals surface area contributed by atoms with Crippen LogP contribution in [0.1, 0.15) is 44.3 Å². The summed E-state index contributed by atoms with van der Waals surface area (Å²) in [5.74, 6) is 2.03. The van der Waals surface area contributed by atoms with Crippen molar-refractivity contribution >= 4 is 28.5 Å². The van der Waals surface area contributed by atoms with Crippen molar-refractivity contribution in [1.29, 1.82) is 0 Å². The van der Waals surface area contributed by atoms with Gasteiger partial charge in [-0.15, -0.1) is 10.2 Å². The first kappa shape index (κ1) is 20.1. The van der Waals surface area contributed by atoms with Gasteiger partial charge in [-0.25, -0.2) is 4.98 Å². The molecule has 9 nitrogen and oxygen atoms in total. The second kappa shape index (κ2) is 8.13. The van der Waals surface area contributed by atoms with E-state index in [-0.39, 0.29) is 5.92 Å². The minimum atomic E-state index is 0.183. The Labute approximate surface area is 191 Å². The van der Waals surface area contributed by atoms with Crippen LogP contribution in [-0.4, -0.2) is 59.5 Å². The number of aromatic amines is 1. The van der Waals surface area contributed by atoms with Gasteiger partial charge in [0.1, 0.15) is 11.5 Å². The van der Waals surface area contributed by atoms with E-state index in [0.717, 1.165) is 85.2 Å². The van der Waals surface area contributed by atoms with Crippen LogP contribution >= 0.6 is 0 Å². The van der Waals surface area contributed by atoms with Crippen LogP contribution in [0.2, 0.25) is 0 Å². The molecular weight excluding hydrogens is 416 g/mol. The van der Waals surface area contributed by atoms with Crippen LogP contribution in [0.15, 0.2) is 30.7 Å². The van der Waals surface area contributed by atoms with Crippen LogP contribution < -0.4 is 5.32 Å². The van der Waals surface area contributed by atoms with E-state index >= 15 is 0 Å². The minimum Gasteiger partial charge on any atom is -0.351 e. The smallest absolute Gasteiger partial charge is 0.225 e. The van der Waals surface area contributed by atoms with Crippen molar-refractivity contribution in [2.75, 3.05) is 18.4 Å². The predicted octanol–water partition coefficient (Wildman–Crippen LogP) is 3.57. The number of hydrogen-bond donors (Lipinski definition) is 2. The van der Waals surface area contributed by atoms with Crippen LogP contribution in [0.4, 0.5) is 5.95 Å². The summed E-state index contributed by atoms with van der Waals surface area (Å²) in [7, 11) is 0. The van der Waals surface area contributed by atoms with E-state index in [1.807, 2.05) is 42.0 Å². The van der Waals surface area contributed by atoms with Gasteiger partial charge in [-0.05, 0) is 57.6 Å². The van der Waals surface area contributed by atoms with Gasteiger partial charge >= 0.3 is 0 Å². The van der Waals surface area contributed by atoms with Crippen LogP contribution in [0.25, 0.3) is 27.8 Å². The van der Waals surface area contributed by atoms with Crippen molar-refractivity contribution in [2.45, 2.75) is 51.5 Å². The molecular formula is C24H28N8O. The van der Waals surface area contributed by atoms with Gasteiger partial charge in [0.05, 0.1) is 0 Å². The number of carbonyl (C=O) groups is 1. The fourth-order valence-electron chi connectivity index (χ4n) is 5.24. The molecule has 0 spiro atoms. The lowest BCUT2D eigenvalue weighted by molar-refractivity contribution is -0.135. The topological polar surface area (TPSA) is 104 Å². The maximum atomic E-state index is 12.7. The standard InChI is InChI=1S/C24H28N8O/c1-15-29-30-21-9-6-17(14-32(15)21)19-12-25-22-20(19)13-26-24(28-22)27-18-7-4-16(5-8-18)23(33)31-10-2-3-11-31/h6,9,12-14,16,18H,2-5,7-8,10-11H2,1H3,(H2,25,26,27,28). The summed E-state index contributed by atoms with van der Waals surface area (Å²) in [4.78, 5) is 27.3. The van der Waals surface area contributed by atoms with Crippen molar-refractivity contribution in [3.05, 3.63) is 36.5 Å². The zero-order valence-corrected chi connectivity index (χ0v) is 18.8. The van der Waals surface area contributed by atoms with E-state index in [1.54, 1.807) is 0 Å². The fraction of sp³-hybridized carbons (Fsp3) is 0.458. The Kier molecular flexibility index (Phi) is 4.96. The number of amides is 1. The molecule has 1 saturated carbocycles. The maximum Gasteiger partial charge on any atom is 0.225 e. The van der Waals surface area contributed by atoms with Gasteiger partial charge in [0.2, 0.25) is 11.9 Å². The molecule has 5 heterocycles. The molecule has 2 aliphatic rings. The van der Waals surface area contributed by atoms with Gasteiger partial charge in [-0.1, -0.05) is 0 Å². The molecule has 2 fully saturated rings. The van der Waals surface area contributed by atoms with Crippen LogP contribution in [0, 0.1) is 12.8 Å². The molecule has 4 aromatic heterocycles. The van der Waals surface area contributed by atoms with Gasteiger partial charge in [-0.3, -0.25) is 9.20 Å². The zero-order chi connectivity index (χ0) is 22.4. The number of anilines is 1. The Bertz CT molecular complexity index is 1310. The zero-order valence-electron chi connectivity index (χ0n) is 18.8. The first-order chi connectivity index (χ1) is 16.2. The number of fused-ring (bicyclic) bond motifs is 2. The minimum absolute atomic E-state index is 0.183. The van der Waals surface area contributed by atoms with Gasteiger partial charge in [0, 0.05) is 60.2 Å². The molecule has 9 heteroatoms. The average molecular weight is 445 g/mol. The third-order valence-corrected chi connectivity index (χ3v) is 7.14. The summed E-state index contributed by atoms with van der Waals surface area (Å²) in [6.07, 6.45) is 12.0. The van der Waals surface area contributed by atoms with Gasteiger partial charge < -0.3 is 15.2 Å². The molecule has 33 heavy (non-hydrogen) atoms. The average Bonchev–Trinajstić information content (AvgIpc) is 3.59. The first-order valence-corrected chi connectivity index (χ1v) is 11.9. The third kappa shape index (κ3) is 3.71. The van der Waals surface area contributed by atoms with E-state index < -0.39 is 0 Å². The van der Waals surface area contributed by atoms with E-state index in [0.29, 0.717) is 17.9 Å². The largest absolute Gasteiger partial charge is 0.351 e. The summed E-state index contributed by atoms with van der Waals surface area (Å²) in [5.41, 5.74) is 3.74. The Morgan fingerprint density at radius 2 is 1.94 bits per heavy atom. The Hall–Kier alpha value is -3.49. The lowest BCUT2D eigenvalue weighted by Gasteiger charge is -2.30. The molecule has 0 unspecified atom stereocenters.